The van der Waals surface area contributed by atoms with E-state index in [0.717, 1.165) is 34.2 Å². The fraction of sp³-hybridized carbons (Fsp3) is 0.364. The lowest BCUT2D eigenvalue weighted by atomic mass is 10.3. The first kappa shape index (κ1) is 11.5. The van der Waals surface area contributed by atoms with Crippen molar-refractivity contribution in [3.63, 3.8) is 0 Å². The van der Waals surface area contributed by atoms with Crippen LogP contribution in [0.5, 0.6) is 0 Å². The topological polar surface area (TPSA) is 38.7 Å². The van der Waals surface area contributed by atoms with Crippen LogP contribution in [0.2, 0.25) is 0 Å². The summed E-state index contributed by atoms with van der Waals surface area (Å²) in [6.07, 6.45) is 1.84. The fourth-order valence-corrected chi connectivity index (χ4v) is 2.32. The second-order valence-corrected chi connectivity index (χ2v) is 4.90. The molecule has 2 rings (SSSR count). The highest BCUT2D eigenvalue weighted by molar-refractivity contribution is 7.14. The summed E-state index contributed by atoms with van der Waals surface area (Å²) in [5, 5.41) is 10.2. The molecule has 0 radical (unpaired) electrons. The zero-order valence-electron chi connectivity index (χ0n) is 8.98. The van der Waals surface area contributed by atoms with Crippen molar-refractivity contribution in [2.24, 2.45) is 0 Å². The second kappa shape index (κ2) is 5.37. The number of rotatable bonds is 4. The normalized spacial score (nSPS) is 10.6. The minimum absolute atomic E-state index is 0.664. The summed E-state index contributed by atoms with van der Waals surface area (Å²) in [6, 6.07) is 5.91. The zero-order chi connectivity index (χ0) is 11.4. The van der Waals surface area contributed by atoms with Crippen molar-refractivity contribution >= 4 is 22.9 Å². The van der Waals surface area contributed by atoms with Gasteiger partial charge in [-0.1, -0.05) is 17.4 Å². The molecule has 0 unspecified atom stereocenters. The van der Waals surface area contributed by atoms with Crippen molar-refractivity contribution in [1.29, 1.82) is 0 Å². The summed E-state index contributed by atoms with van der Waals surface area (Å²) >= 11 is 7.23. The number of alkyl halides is 1. The zero-order valence-corrected chi connectivity index (χ0v) is 10.6. The Hall–Kier alpha value is -1.00. The maximum Gasteiger partial charge on any atom is 0.166 e. The Labute approximate surface area is 104 Å². The van der Waals surface area contributed by atoms with Crippen molar-refractivity contribution in [2.45, 2.75) is 19.8 Å². The molecule has 0 fully saturated rings. The van der Waals surface area contributed by atoms with Gasteiger partial charge in [-0.05, 0) is 25.5 Å². The minimum Gasteiger partial charge on any atom is -0.251 e. The Morgan fingerprint density at radius 3 is 2.94 bits per heavy atom. The number of hydrogen-bond acceptors (Lipinski definition) is 4. The summed E-state index contributed by atoms with van der Waals surface area (Å²) in [6.45, 7) is 1.97. The van der Waals surface area contributed by atoms with Gasteiger partial charge in [-0.15, -0.1) is 21.8 Å². The molecule has 0 N–H and O–H groups in total. The first-order valence-electron chi connectivity index (χ1n) is 5.12. The molecule has 2 heterocycles. The van der Waals surface area contributed by atoms with Crippen molar-refractivity contribution in [2.75, 3.05) is 5.88 Å². The van der Waals surface area contributed by atoms with E-state index in [4.69, 9.17) is 11.6 Å². The average Bonchev–Trinajstić information content (AvgIpc) is 2.75. The highest BCUT2D eigenvalue weighted by atomic mass is 35.5. The van der Waals surface area contributed by atoms with Crippen LogP contribution in [0.25, 0.3) is 10.7 Å². The quantitative estimate of drug-likeness (QED) is 0.786. The van der Waals surface area contributed by atoms with Crippen LogP contribution in [-0.2, 0) is 6.42 Å². The molecule has 0 aromatic carbocycles. The number of hydrogen-bond donors (Lipinski definition) is 0. The summed E-state index contributed by atoms with van der Waals surface area (Å²) in [7, 11) is 0. The van der Waals surface area contributed by atoms with Gasteiger partial charge in [0.15, 0.2) is 5.01 Å². The van der Waals surface area contributed by atoms with Crippen LogP contribution in [-0.4, -0.2) is 21.1 Å². The molecule has 0 aliphatic rings. The predicted octanol–water partition coefficient (Wildman–Crippen LogP) is 3.08. The molecule has 0 bridgehead atoms. The monoisotopic (exact) mass is 253 g/mol. The lowest BCUT2D eigenvalue weighted by Crippen LogP contribution is -1.85. The molecule has 84 valence electrons. The van der Waals surface area contributed by atoms with E-state index in [1.165, 1.54) is 0 Å². The van der Waals surface area contributed by atoms with E-state index in [2.05, 4.69) is 15.2 Å². The highest BCUT2D eigenvalue weighted by Crippen LogP contribution is 2.22. The van der Waals surface area contributed by atoms with Gasteiger partial charge in [0.05, 0.1) is 0 Å². The van der Waals surface area contributed by atoms with Gasteiger partial charge in [0.25, 0.3) is 0 Å². The number of aryl methyl sites for hydroxylation is 2. The van der Waals surface area contributed by atoms with Crippen LogP contribution in [0.1, 0.15) is 17.1 Å². The summed E-state index contributed by atoms with van der Waals surface area (Å²) in [5.41, 5.74) is 1.89. The summed E-state index contributed by atoms with van der Waals surface area (Å²) < 4.78 is 0. The molecule has 0 atom stereocenters. The van der Waals surface area contributed by atoms with Crippen molar-refractivity contribution < 1.29 is 0 Å². The Balaban J connectivity index is 2.18. The van der Waals surface area contributed by atoms with Gasteiger partial charge in [0.1, 0.15) is 10.7 Å². The van der Waals surface area contributed by atoms with Crippen LogP contribution in [0.15, 0.2) is 18.2 Å². The smallest absolute Gasteiger partial charge is 0.166 e. The lowest BCUT2D eigenvalue weighted by Gasteiger charge is -1.95. The van der Waals surface area contributed by atoms with Crippen molar-refractivity contribution in [1.82, 2.24) is 15.2 Å². The molecular formula is C11H12ClN3S. The van der Waals surface area contributed by atoms with E-state index in [1.54, 1.807) is 11.3 Å². The molecule has 0 saturated carbocycles. The van der Waals surface area contributed by atoms with Crippen LogP contribution in [0.3, 0.4) is 0 Å². The van der Waals surface area contributed by atoms with Gasteiger partial charge >= 0.3 is 0 Å². The Morgan fingerprint density at radius 1 is 1.31 bits per heavy atom. The molecule has 16 heavy (non-hydrogen) atoms. The Kier molecular flexibility index (Phi) is 3.85. The molecule has 2 aromatic rings. The molecule has 2 aromatic heterocycles. The fourth-order valence-electron chi connectivity index (χ4n) is 1.34. The highest BCUT2D eigenvalue weighted by Gasteiger charge is 2.07. The van der Waals surface area contributed by atoms with E-state index in [0.29, 0.717) is 5.88 Å². The summed E-state index contributed by atoms with van der Waals surface area (Å²) in [5.74, 6) is 0.664. The third-order valence-corrected chi connectivity index (χ3v) is 3.37. The first-order chi connectivity index (χ1) is 7.79. The number of nitrogens with zero attached hydrogens (tertiary/aromatic N) is 3. The Morgan fingerprint density at radius 2 is 2.19 bits per heavy atom. The van der Waals surface area contributed by atoms with Crippen LogP contribution in [0.4, 0.5) is 0 Å². The maximum atomic E-state index is 5.64. The number of halogens is 1. The van der Waals surface area contributed by atoms with E-state index >= 15 is 0 Å². The van der Waals surface area contributed by atoms with E-state index in [1.807, 2.05) is 25.1 Å². The van der Waals surface area contributed by atoms with Gasteiger partial charge < -0.3 is 0 Å². The van der Waals surface area contributed by atoms with Crippen LogP contribution >= 0.6 is 22.9 Å². The van der Waals surface area contributed by atoms with Crippen molar-refractivity contribution in [3.05, 3.63) is 28.9 Å². The number of aromatic nitrogens is 3. The average molecular weight is 254 g/mol. The van der Waals surface area contributed by atoms with E-state index < -0.39 is 0 Å². The van der Waals surface area contributed by atoms with E-state index in [-0.39, 0.29) is 0 Å². The standard InChI is InChI=1S/C11H12ClN3S/c1-8-4-2-5-9(13-8)11-15-14-10(16-11)6-3-7-12/h2,4-5H,3,6-7H2,1H3. The molecule has 0 spiro atoms. The molecule has 0 aliphatic heterocycles. The molecule has 0 amide bonds. The van der Waals surface area contributed by atoms with Crippen molar-refractivity contribution in [3.8, 4) is 10.7 Å². The first-order valence-corrected chi connectivity index (χ1v) is 6.47. The van der Waals surface area contributed by atoms with Gasteiger partial charge in [-0.3, -0.25) is 4.98 Å². The van der Waals surface area contributed by atoms with Gasteiger partial charge in [0, 0.05) is 18.0 Å². The molecule has 3 nitrogen and oxygen atoms in total. The molecule has 0 aliphatic carbocycles. The molecule has 0 saturated heterocycles. The lowest BCUT2D eigenvalue weighted by molar-refractivity contribution is 0.883. The third-order valence-electron chi connectivity index (χ3n) is 2.10. The second-order valence-electron chi connectivity index (χ2n) is 3.46. The molecular weight excluding hydrogens is 242 g/mol. The predicted molar refractivity (Wildman–Crippen MR) is 66.9 cm³/mol. The Bertz CT molecular complexity index is 470. The largest absolute Gasteiger partial charge is 0.251 e. The maximum absolute atomic E-state index is 5.64. The van der Waals surface area contributed by atoms with Gasteiger partial charge in [-0.2, -0.15) is 0 Å². The van der Waals surface area contributed by atoms with Gasteiger partial charge in [-0.25, -0.2) is 0 Å². The SMILES string of the molecule is Cc1cccc(-c2nnc(CCCCl)s2)n1. The summed E-state index contributed by atoms with van der Waals surface area (Å²) in [4.78, 5) is 4.42. The van der Waals surface area contributed by atoms with Gasteiger partial charge in [0.2, 0.25) is 0 Å². The number of pyridine rings is 1. The van der Waals surface area contributed by atoms with Crippen LogP contribution in [0, 0.1) is 6.92 Å². The van der Waals surface area contributed by atoms with Crippen LogP contribution < -0.4 is 0 Å². The molecule has 5 heteroatoms. The minimum atomic E-state index is 0.664. The third kappa shape index (κ3) is 2.77. The van der Waals surface area contributed by atoms with E-state index in [9.17, 15) is 0 Å².